The van der Waals surface area contributed by atoms with E-state index in [0.717, 1.165) is 55.8 Å². The van der Waals surface area contributed by atoms with Gasteiger partial charge in [-0.25, -0.2) is 0 Å². The number of rotatable bonds is 2. The first-order valence-electron chi connectivity index (χ1n) is 11.8. The minimum Gasteiger partial charge on any atom is -0.393 e. The topological polar surface area (TPSA) is 55.1 Å². The molecule has 0 saturated heterocycles. The summed E-state index contributed by atoms with van der Waals surface area (Å²) in [6.45, 7) is 7.69. The summed E-state index contributed by atoms with van der Waals surface area (Å²) in [7, 11) is 0. The number of hydrogen-bond acceptors (Lipinski definition) is 3. The fourth-order valence-electron chi connectivity index (χ4n) is 7.94. The second-order valence-electron chi connectivity index (χ2n) is 10.8. The van der Waals surface area contributed by atoms with Gasteiger partial charge in [0.15, 0.2) is 5.78 Å². The van der Waals surface area contributed by atoms with Crippen LogP contribution in [-0.2, 0) is 11.3 Å². The van der Waals surface area contributed by atoms with Gasteiger partial charge < -0.3 is 5.11 Å². The van der Waals surface area contributed by atoms with E-state index in [-0.39, 0.29) is 11.5 Å². The molecule has 0 radical (unpaired) electrons. The van der Waals surface area contributed by atoms with Crippen molar-refractivity contribution in [3.63, 3.8) is 0 Å². The van der Waals surface area contributed by atoms with E-state index in [1.165, 1.54) is 19.3 Å². The highest BCUT2D eigenvalue weighted by Gasteiger charge is 2.61. The molecule has 5 rings (SSSR count). The number of carbonyl (C=O) groups excluding carboxylic acids is 1. The summed E-state index contributed by atoms with van der Waals surface area (Å²) < 4.78 is 1.98. The molecule has 4 saturated carbocycles. The van der Waals surface area contributed by atoms with Crippen molar-refractivity contribution < 1.29 is 9.90 Å². The van der Waals surface area contributed by atoms with Gasteiger partial charge in [0.1, 0.15) is 0 Å². The molecule has 0 aromatic carbocycles. The molecule has 1 heterocycles. The first kappa shape index (κ1) is 19.5. The number of aliphatic hydroxyl groups is 1. The molecule has 0 bridgehead atoms. The molecule has 4 aliphatic rings. The smallest absolute Gasteiger partial charge is 0.165 e. The van der Waals surface area contributed by atoms with E-state index < -0.39 is 0 Å². The van der Waals surface area contributed by atoms with Crippen LogP contribution in [0.2, 0.25) is 0 Å². The van der Waals surface area contributed by atoms with Crippen LogP contribution in [-0.4, -0.2) is 26.8 Å². The maximum Gasteiger partial charge on any atom is 0.165 e. The van der Waals surface area contributed by atoms with Gasteiger partial charge in [-0.3, -0.25) is 9.48 Å². The molecular weight excluding hydrogens is 360 g/mol. The van der Waals surface area contributed by atoms with E-state index in [1.54, 1.807) is 0 Å². The summed E-state index contributed by atoms with van der Waals surface area (Å²) in [5, 5.41) is 14.6. The third-order valence-electron chi connectivity index (χ3n) is 9.65. The number of aromatic nitrogens is 2. The number of Topliss-reactive ketones (excluding diaryl/α,β-unsaturated/α-hetero) is 1. The van der Waals surface area contributed by atoms with Crippen LogP contribution < -0.4 is 0 Å². The molecule has 4 nitrogen and oxygen atoms in total. The Labute approximate surface area is 174 Å². The van der Waals surface area contributed by atoms with Crippen molar-refractivity contribution in [2.24, 2.45) is 34.5 Å². The molecule has 1 aromatic rings. The van der Waals surface area contributed by atoms with Crippen LogP contribution in [0.1, 0.15) is 77.8 Å². The van der Waals surface area contributed by atoms with Gasteiger partial charge in [0.25, 0.3) is 0 Å². The first-order valence-corrected chi connectivity index (χ1v) is 11.8. The Kier molecular flexibility index (Phi) is 4.58. The van der Waals surface area contributed by atoms with Gasteiger partial charge in [0.05, 0.1) is 11.8 Å². The van der Waals surface area contributed by atoms with Gasteiger partial charge in [-0.1, -0.05) is 13.8 Å². The molecule has 158 valence electrons. The number of hydrogen-bond donors (Lipinski definition) is 1. The SMILES string of the molecule is CCn1nccc1/C=C1\CC2C3CCC4CC(O)CCC4(C)C3CCC2(C)C1=O. The number of allylic oxidation sites excluding steroid dienone is 1. The third kappa shape index (κ3) is 2.81. The minimum absolute atomic E-state index is 0.0931. The summed E-state index contributed by atoms with van der Waals surface area (Å²) in [5.41, 5.74) is 2.27. The molecule has 1 N–H and O–H groups in total. The molecule has 4 heteroatoms. The van der Waals surface area contributed by atoms with E-state index in [0.29, 0.717) is 29.0 Å². The van der Waals surface area contributed by atoms with Crippen LogP contribution in [0.3, 0.4) is 0 Å². The van der Waals surface area contributed by atoms with Gasteiger partial charge in [-0.05, 0) is 105 Å². The van der Waals surface area contributed by atoms with Gasteiger partial charge in [-0.2, -0.15) is 5.10 Å². The van der Waals surface area contributed by atoms with E-state index in [2.05, 4.69) is 31.9 Å². The Bertz CT molecular complexity index is 842. The monoisotopic (exact) mass is 396 g/mol. The standard InChI is InChI=1S/C25H36N2O2/c1-4-27-18(9-12-26-27)13-16-14-22-20-6-5-17-15-19(28)7-10-24(17,2)21(20)8-11-25(22,3)23(16)29/h9,12-13,17,19-22,28H,4-8,10-11,14-15H2,1-3H3/b16-13+. The lowest BCUT2D eigenvalue weighted by Crippen LogP contribution is -2.54. The molecule has 0 aliphatic heterocycles. The van der Waals surface area contributed by atoms with Crippen molar-refractivity contribution in [1.29, 1.82) is 0 Å². The Morgan fingerprint density at radius 2 is 2.03 bits per heavy atom. The van der Waals surface area contributed by atoms with Crippen LogP contribution in [0.25, 0.3) is 6.08 Å². The molecule has 4 fully saturated rings. The van der Waals surface area contributed by atoms with Crippen molar-refractivity contribution in [2.45, 2.75) is 84.8 Å². The number of carbonyl (C=O) groups is 1. The van der Waals surface area contributed by atoms with Gasteiger partial charge in [-0.15, -0.1) is 0 Å². The van der Waals surface area contributed by atoms with Crippen LogP contribution >= 0.6 is 0 Å². The molecule has 0 amide bonds. The normalized spacial score (nSPS) is 45.7. The maximum absolute atomic E-state index is 13.5. The second kappa shape index (κ2) is 6.80. The lowest BCUT2D eigenvalue weighted by molar-refractivity contribution is -0.141. The Morgan fingerprint density at radius 1 is 1.21 bits per heavy atom. The minimum atomic E-state index is -0.179. The quantitative estimate of drug-likeness (QED) is 0.726. The number of ketones is 1. The zero-order valence-corrected chi connectivity index (χ0v) is 18.2. The van der Waals surface area contributed by atoms with Crippen molar-refractivity contribution in [3.05, 3.63) is 23.5 Å². The Morgan fingerprint density at radius 3 is 2.83 bits per heavy atom. The van der Waals surface area contributed by atoms with Crippen molar-refractivity contribution in [1.82, 2.24) is 9.78 Å². The number of fused-ring (bicyclic) bond motifs is 5. The number of nitrogens with zero attached hydrogens (tertiary/aromatic N) is 2. The van der Waals surface area contributed by atoms with Gasteiger partial charge in [0.2, 0.25) is 0 Å². The molecule has 7 atom stereocenters. The molecule has 4 aliphatic carbocycles. The highest BCUT2D eigenvalue weighted by molar-refractivity contribution is 6.05. The zero-order valence-electron chi connectivity index (χ0n) is 18.2. The summed E-state index contributed by atoms with van der Waals surface area (Å²) >= 11 is 0. The molecule has 7 unspecified atom stereocenters. The largest absolute Gasteiger partial charge is 0.393 e. The second-order valence-corrected chi connectivity index (χ2v) is 10.8. The van der Waals surface area contributed by atoms with Crippen molar-refractivity contribution in [3.8, 4) is 0 Å². The van der Waals surface area contributed by atoms with Crippen LogP contribution in [0.5, 0.6) is 0 Å². The van der Waals surface area contributed by atoms with Crippen molar-refractivity contribution in [2.75, 3.05) is 0 Å². The van der Waals surface area contributed by atoms with E-state index in [1.807, 2.05) is 16.9 Å². The lowest BCUT2D eigenvalue weighted by Gasteiger charge is -2.59. The Hall–Kier alpha value is -1.42. The van der Waals surface area contributed by atoms with E-state index >= 15 is 0 Å². The summed E-state index contributed by atoms with van der Waals surface area (Å²) in [6, 6.07) is 2.02. The Balaban J connectivity index is 1.45. The van der Waals surface area contributed by atoms with Crippen LogP contribution in [0.15, 0.2) is 17.8 Å². The van der Waals surface area contributed by atoms with Crippen LogP contribution in [0, 0.1) is 34.5 Å². The molecular formula is C25H36N2O2. The molecule has 1 aromatic heterocycles. The predicted molar refractivity (Wildman–Crippen MR) is 114 cm³/mol. The zero-order chi connectivity index (χ0) is 20.4. The summed E-state index contributed by atoms with van der Waals surface area (Å²) in [6.07, 6.45) is 12.6. The van der Waals surface area contributed by atoms with Crippen molar-refractivity contribution >= 4 is 11.9 Å². The first-order chi connectivity index (χ1) is 13.9. The summed E-state index contributed by atoms with van der Waals surface area (Å²) in [5.74, 6) is 2.94. The summed E-state index contributed by atoms with van der Waals surface area (Å²) in [4.78, 5) is 13.5. The average Bonchev–Trinajstić information content (AvgIpc) is 3.25. The predicted octanol–water partition coefficient (Wildman–Crippen LogP) is 4.87. The van der Waals surface area contributed by atoms with E-state index in [9.17, 15) is 9.90 Å². The van der Waals surface area contributed by atoms with E-state index in [4.69, 9.17) is 0 Å². The van der Waals surface area contributed by atoms with Gasteiger partial charge >= 0.3 is 0 Å². The fraction of sp³-hybridized carbons (Fsp3) is 0.760. The van der Waals surface area contributed by atoms with Crippen LogP contribution in [0.4, 0.5) is 0 Å². The molecule has 0 spiro atoms. The average molecular weight is 397 g/mol. The number of aryl methyl sites for hydroxylation is 1. The maximum atomic E-state index is 13.5. The molecule has 29 heavy (non-hydrogen) atoms. The third-order valence-corrected chi connectivity index (χ3v) is 9.65. The fourth-order valence-corrected chi connectivity index (χ4v) is 7.94. The highest BCUT2D eigenvalue weighted by atomic mass is 16.3. The lowest BCUT2D eigenvalue weighted by atomic mass is 9.45. The van der Waals surface area contributed by atoms with Gasteiger partial charge in [0, 0.05) is 18.2 Å². The number of aliphatic hydroxyl groups excluding tert-OH is 1. The highest BCUT2D eigenvalue weighted by Crippen LogP contribution is 2.66.